The third kappa shape index (κ3) is 2.26. The Morgan fingerprint density at radius 2 is 2.15 bits per heavy atom. The monoisotopic (exact) mass is 274 g/mol. The van der Waals surface area contributed by atoms with Crippen LogP contribution in [-0.2, 0) is 0 Å². The summed E-state index contributed by atoms with van der Waals surface area (Å²) in [7, 11) is 0. The zero-order valence-electron chi connectivity index (χ0n) is 11.8. The minimum atomic E-state index is -0.391. The van der Waals surface area contributed by atoms with Crippen molar-refractivity contribution in [2.24, 2.45) is 5.73 Å². The lowest BCUT2D eigenvalue weighted by Gasteiger charge is -2.50. The molecule has 1 saturated carbocycles. The smallest absolute Gasteiger partial charge is 0.252 e. The van der Waals surface area contributed by atoms with E-state index in [0.717, 1.165) is 38.3 Å². The van der Waals surface area contributed by atoms with E-state index in [-0.39, 0.29) is 5.54 Å². The zero-order chi connectivity index (χ0) is 14.0. The summed E-state index contributed by atoms with van der Waals surface area (Å²) >= 11 is 0. The highest BCUT2D eigenvalue weighted by Gasteiger charge is 2.41. The van der Waals surface area contributed by atoms with E-state index in [1.807, 2.05) is 0 Å². The minimum absolute atomic E-state index is 0.106. The molecule has 1 amide bonds. The maximum Gasteiger partial charge on any atom is 0.252 e. The van der Waals surface area contributed by atoms with Gasteiger partial charge in [0.1, 0.15) is 5.82 Å². The van der Waals surface area contributed by atoms with Crippen molar-refractivity contribution >= 4 is 11.7 Å². The molecule has 20 heavy (non-hydrogen) atoms. The van der Waals surface area contributed by atoms with Gasteiger partial charge in [0.15, 0.2) is 0 Å². The van der Waals surface area contributed by atoms with Crippen LogP contribution in [0.5, 0.6) is 0 Å². The standard InChI is InChI=1S/C15H22N4O/c16-13(20)12-5-4-8-18-14(12)19-10-9-17-11-15(19)6-2-1-3-7-15/h4-5,8,17H,1-3,6-7,9-11H2,(H2,16,20). The lowest BCUT2D eigenvalue weighted by atomic mass is 9.79. The van der Waals surface area contributed by atoms with E-state index in [9.17, 15) is 4.79 Å². The number of rotatable bonds is 2. The molecule has 5 nitrogen and oxygen atoms in total. The summed E-state index contributed by atoms with van der Waals surface area (Å²) in [6.45, 7) is 2.79. The predicted octanol–water partition coefficient (Wildman–Crippen LogP) is 1.29. The SMILES string of the molecule is NC(=O)c1cccnc1N1CCNCC12CCCCC2. The Kier molecular flexibility index (Phi) is 3.61. The molecule has 2 fully saturated rings. The number of amides is 1. The molecule has 0 radical (unpaired) electrons. The largest absolute Gasteiger partial charge is 0.365 e. The zero-order valence-corrected chi connectivity index (χ0v) is 11.8. The van der Waals surface area contributed by atoms with Gasteiger partial charge in [-0.1, -0.05) is 19.3 Å². The maximum absolute atomic E-state index is 11.7. The number of piperazine rings is 1. The van der Waals surface area contributed by atoms with Gasteiger partial charge in [0.05, 0.1) is 11.1 Å². The van der Waals surface area contributed by atoms with Crippen LogP contribution in [0.15, 0.2) is 18.3 Å². The molecule has 1 aromatic rings. The fourth-order valence-electron chi connectivity index (χ4n) is 3.64. The number of pyridine rings is 1. The fourth-order valence-corrected chi connectivity index (χ4v) is 3.64. The molecule has 108 valence electrons. The van der Waals surface area contributed by atoms with Crippen LogP contribution in [0, 0.1) is 0 Å². The Morgan fingerprint density at radius 3 is 2.90 bits per heavy atom. The van der Waals surface area contributed by atoms with Gasteiger partial charge in [-0.05, 0) is 25.0 Å². The van der Waals surface area contributed by atoms with Crippen LogP contribution in [0.25, 0.3) is 0 Å². The first-order valence-electron chi connectivity index (χ1n) is 7.46. The molecule has 3 rings (SSSR count). The number of anilines is 1. The molecule has 1 saturated heterocycles. The molecular formula is C15H22N4O. The van der Waals surface area contributed by atoms with E-state index >= 15 is 0 Å². The molecule has 2 aliphatic rings. The van der Waals surface area contributed by atoms with Gasteiger partial charge in [0.2, 0.25) is 0 Å². The van der Waals surface area contributed by atoms with E-state index < -0.39 is 5.91 Å². The first kappa shape index (κ1) is 13.4. The van der Waals surface area contributed by atoms with Gasteiger partial charge < -0.3 is 16.0 Å². The fraction of sp³-hybridized carbons (Fsp3) is 0.600. The number of carbonyl (C=O) groups excluding carboxylic acids is 1. The lowest BCUT2D eigenvalue weighted by molar-refractivity contribution is 0.1000. The van der Waals surface area contributed by atoms with Gasteiger partial charge in [0, 0.05) is 25.8 Å². The molecule has 0 bridgehead atoms. The van der Waals surface area contributed by atoms with Crippen molar-refractivity contribution in [3.05, 3.63) is 23.9 Å². The van der Waals surface area contributed by atoms with Crippen molar-refractivity contribution in [3.8, 4) is 0 Å². The number of aromatic nitrogens is 1. The highest BCUT2D eigenvalue weighted by Crippen LogP contribution is 2.37. The lowest BCUT2D eigenvalue weighted by Crippen LogP contribution is -2.62. The van der Waals surface area contributed by atoms with E-state index in [4.69, 9.17) is 5.73 Å². The van der Waals surface area contributed by atoms with Gasteiger partial charge in [-0.3, -0.25) is 4.79 Å². The van der Waals surface area contributed by atoms with Crippen LogP contribution < -0.4 is 16.0 Å². The number of nitrogens with two attached hydrogens (primary N) is 1. The summed E-state index contributed by atoms with van der Waals surface area (Å²) in [6, 6.07) is 3.56. The summed E-state index contributed by atoms with van der Waals surface area (Å²) in [4.78, 5) is 18.5. The quantitative estimate of drug-likeness (QED) is 0.852. The van der Waals surface area contributed by atoms with Gasteiger partial charge >= 0.3 is 0 Å². The van der Waals surface area contributed by atoms with E-state index in [1.165, 1.54) is 19.3 Å². The van der Waals surface area contributed by atoms with Crippen LogP contribution in [-0.4, -0.2) is 36.1 Å². The van der Waals surface area contributed by atoms with Crippen LogP contribution in [0.4, 0.5) is 5.82 Å². The highest BCUT2D eigenvalue weighted by atomic mass is 16.1. The number of nitrogens with one attached hydrogen (secondary N) is 1. The van der Waals surface area contributed by atoms with Gasteiger partial charge in [-0.15, -0.1) is 0 Å². The Labute approximate surface area is 119 Å². The summed E-state index contributed by atoms with van der Waals surface area (Å²) in [5, 5.41) is 3.51. The van der Waals surface area contributed by atoms with Crippen molar-refractivity contribution in [2.75, 3.05) is 24.5 Å². The molecule has 0 atom stereocenters. The second-order valence-corrected chi connectivity index (χ2v) is 5.85. The maximum atomic E-state index is 11.7. The van der Waals surface area contributed by atoms with Crippen molar-refractivity contribution in [3.63, 3.8) is 0 Å². The van der Waals surface area contributed by atoms with E-state index in [0.29, 0.717) is 5.56 Å². The van der Waals surface area contributed by atoms with Crippen LogP contribution in [0.2, 0.25) is 0 Å². The van der Waals surface area contributed by atoms with Crippen molar-refractivity contribution in [1.82, 2.24) is 10.3 Å². The summed E-state index contributed by atoms with van der Waals surface area (Å²) < 4.78 is 0. The Hall–Kier alpha value is -1.62. The topological polar surface area (TPSA) is 71.2 Å². The number of hydrogen-bond donors (Lipinski definition) is 2. The van der Waals surface area contributed by atoms with Crippen molar-refractivity contribution in [2.45, 2.75) is 37.6 Å². The summed E-state index contributed by atoms with van der Waals surface area (Å²) in [5.41, 5.74) is 6.17. The third-order valence-electron chi connectivity index (χ3n) is 4.63. The van der Waals surface area contributed by atoms with Crippen molar-refractivity contribution in [1.29, 1.82) is 0 Å². The number of nitrogens with zero attached hydrogens (tertiary/aromatic N) is 2. The van der Waals surface area contributed by atoms with Gasteiger partial charge in [-0.25, -0.2) is 4.98 Å². The molecule has 3 N–H and O–H groups in total. The van der Waals surface area contributed by atoms with E-state index in [1.54, 1.807) is 18.3 Å². The second kappa shape index (κ2) is 5.40. The number of hydrogen-bond acceptors (Lipinski definition) is 4. The van der Waals surface area contributed by atoms with E-state index in [2.05, 4.69) is 15.2 Å². The van der Waals surface area contributed by atoms with Crippen molar-refractivity contribution < 1.29 is 4.79 Å². The number of primary amides is 1. The highest BCUT2D eigenvalue weighted by molar-refractivity contribution is 5.97. The third-order valence-corrected chi connectivity index (χ3v) is 4.63. The summed E-state index contributed by atoms with van der Waals surface area (Å²) in [5.74, 6) is 0.376. The molecule has 2 heterocycles. The Balaban J connectivity index is 2.00. The molecular weight excluding hydrogens is 252 g/mol. The molecule has 0 unspecified atom stereocenters. The summed E-state index contributed by atoms with van der Waals surface area (Å²) in [6.07, 6.45) is 7.87. The van der Waals surface area contributed by atoms with Crippen LogP contribution >= 0.6 is 0 Å². The molecule has 5 heteroatoms. The average Bonchev–Trinajstić information content (AvgIpc) is 2.48. The Morgan fingerprint density at radius 1 is 1.35 bits per heavy atom. The first-order chi connectivity index (χ1) is 9.73. The Bertz CT molecular complexity index is 488. The molecule has 1 aliphatic carbocycles. The van der Waals surface area contributed by atoms with Gasteiger partial charge in [-0.2, -0.15) is 0 Å². The van der Waals surface area contributed by atoms with Gasteiger partial charge in [0.25, 0.3) is 5.91 Å². The minimum Gasteiger partial charge on any atom is -0.365 e. The number of carbonyl (C=O) groups is 1. The molecule has 1 spiro atoms. The molecule has 0 aromatic carbocycles. The molecule has 1 aliphatic heterocycles. The molecule has 1 aromatic heterocycles. The van der Waals surface area contributed by atoms with Crippen LogP contribution in [0.3, 0.4) is 0 Å². The average molecular weight is 274 g/mol. The predicted molar refractivity (Wildman–Crippen MR) is 78.8 cm³/mol. The van der Waals surface area contributed by atoms with Crippen LogP contribution in [0.1, 0.15) is 42.5 Å². The second-order valence-electron chi connectivity index (χ2n) is 5.85. The first-order valence-corrected chi connectivity index (χ1v) is 7.46. The normalized spacial score (nSPS) is 21.9.